The highest BCUT2D eigenvalue weighted by Gasteiger charge is 2.70. The second-order valence-corrected chi connectivity index (χ2v) is 5.94. The van der Waals surface area contributed by atoms with Crippen molar-refractivity contribution in [2.24, 2.45) is 5.92 Å². The average Bonchev–Trinajstić information content (AvgIpc) is 2.41. The average molecular weight is 335 g/mol. The number of unbranched alkanes of at least 4 members (excludes halogenated alkanes) is 3. The molecule has 22 heavy (non-hydrogen) atoms. The molecule has 0 heterocycles. The summed E-state index contributed by atoms with van der Waals surface area (Å²) in [6, 6.07) is -4.93. The predicted molar refractivity (Wildman–Crippen MR) is 75.7 cm³/mol. The molecule has 0 amide bonds. The lowest BCUT2D eigenvalue weighted by Gasteiger charge is -2.33. The van der Waals surface area contributed by atoms with Crippen LogP contribution in [0.25, 0.3) is 0 Å². The lowest BCUT2D eigenvalue weighted by atomic mass is 10.0. The molecule has 1 N–H and O–H groups in total. The van der Waals surface area contributed by atoms with Gasteiger partial charge in [-0.3, -0.25) is 5.32 Å². The minimum atomic E-state index is -5.40. The van der Waals surface area contributed by atoms with E-state index in [-0.39, 0.29) is 12.3 Å². The molecule has 0 saturated heterocycles. The third-order valence-electron chi connectivity index (χ3n) is 3.65. The van der Waals surface area contributed by atoms with Gasteiger partial charge in [0.25, 0.3) is 0 Å². The van der Waals surface area contributed by atoms with Gasteiger partial charge in [0, 0.05) is 13.0 Å². The molecule has 0 aliphatic rings. The van der Waals surface area contributed by atoms with Gasteiger partial charge in [-0.1, -0.05) is 46.5 Å². The zero-order valence-corrected chi connectivity index (χ0v) is 13.5. The predicted octanol–water partition coefficient (Wildman–Crippen LogP) is 5.85. The number of nitrogens with one attached hydrogen (secondary N) is 1. The Hall–Kier alpha value is -0.460. The van der Waals surface area contributed by atoms with Crippen molar-refractivity contribution in [3.05, 3.63) is 0 Å². The Morgan fingerprint density at radius 3 is 1.95 bits per heavy atom. The molecular formula is C15H27F6N. The molecule has 1 atom stereocenters. The van der Waals surface area contributed by atoms with Crippen LogP contribution in [0.15, 0.2) is 0 Å². The SMILES string of the molecule is CCCCCCC(F)(F)C(F)(F)C(F)(F)NCC(C)CCC. The summed E-state index contributed by atoms with van der Waals surface area (Å²) in [5.74, 6) is -10.4. The van der Waals surface area contributed by atoms with Gasteiger partial charge >= 0.3 is 17.9 Å². The Balaban J connectivity index is 4.69. The number of alkyl halides is 6. The van der Waals surface area contributed by atoms with E-state index >= 15 is 0 Å². The summed E-state index contributed by atoms with van der Waals surface area (Å²) in [4.78, 5) is 0. The minimum Gasteiger partial charge on any atom is -0.252 e. The quantitative estimate of drug-likeness (QED) is 0.268. The summed E-state index contributed by atoms with van der Waals surface area (Å²) in [7, 11) is 0. The van der Waals surface area contributed by atoms with Crippen LogP contribution in [-0.4, -0.2) is 24.4 Å². The van der Waals surface area contributed by atoms with Crippen molar-refractivity contribution in [1.29, 1.82) is 0 Å². The third kappa shape index (κ3) is 5.97. The smallest absolute Gasteiger partial charge is 0.252 e. The van der Waals surface area contributed by atoms with Gasteiger partial charge in [0.1, 0.15) is 0 Å². The van der Waals surface area contributed by atoms with E-state index in [9.17, 15) is 26.3 Å². The molecule has 0 aromatic heterocycles. The summed E-state index contributed by atoms with van der Waals surface area (Å²) in [6.45, 7) is 4.84. The first-order valence-corrected chi connectivity index (χ1v) is 7.90. The standard InChI is InChI=1S/C15H27F6N/c1-4-6-7-8-10-13(16,17)14(18,19)15(20,21)22-11-12(3)9-5-2/h12,22H,4-11H2,1-3H3. The summed E-state index contributed by atoms with van der Waals surface area (Å²) >= 11 is 0. The second-order valence-electron chi connectivity index (χ2n) is 5.94. The van der Waals surface area contributed by atoms with Gasteiger partial charge in [-0.2, -0.15) is 26.3 Å². The fourth-order valence-electron chi connectivity index (χ4n) is 2.17. The Labute approximate surface area is 128 Å². The molecule has 0 rings (SSSR count). The molecule has 7 heteroatoms. The maximum Gasteiger partial charge on any atom is 0.386 e. The van der Waals surface area contributed by atoms with E-state index in [4.69, 9.17) is 0 Å². The van der Waals surface area contributed by atoms with E-state index in [1.165, 1.54) is 5.32 Å². The van der Waals surface area contributed by atoms with Crippen molar-refractivity contribution in [2.45, 2.75) is 83.6 Å². The number of halogens is 6. The second kappa shape index (κ2) is 8.99. The molecule has 0 radical (unpaired) electrons. The van der Waals surface area contributed by atoms with Crippen LogP contribution in [0.2, 0.25) is 0 Å². The Kier molecular flexibility index (Phi) is 8.80. The molecule has 0 aromatic rings. The molecule has 0 fully saturated rings. The van der Waals surface area contributed by atoms with Crippen LogP contribution in [0, 0.1) is 5.92 Å². The zero-order valence-electron chi connectivity index (χ0n) is 13.5. The molecule has 0 bridgehead atoms. The molecular weight excluding hydrogens is 308 g/mol. The van der Waals surface area contributed by atoms with Gasteiger partial charge in [-0.25, -0.2) is 0 Å². The van der Waals surface area contributed by atoms with Crippen LogP contribution >= 0.6 is 0 Å². The number of hydrogen-bond acceptors (Lipinski definition) is 1. The third-order valence-corrected chi connectivity index (χ3v) is 3.65. The lowest BCUT2D eigenvalue weighted by molar-refractivity contribution is -0.321. The van der Waals surface area contributed by atoms with Gasteiger partial charge in [-0.15, -0.1) is 0 Å². The van der Waals surface area contributed by atoms with Crippen molar-refractivity contribution < 1.29 is 26.3 Å². The van der Waals surface area contributed by atoms with Crippen molar-refractivity contribution in [3.63, 3.8) is 0 Å². The van der Waals surface area contributed by atoms with E-state index in [2.05, 4.69) is 0 Å². The van der Waals surface area contributed by atoms with Gasteiger partial charge < -0.3 is 0 Å². The van der Waals surface area contributed by atoms with E-state index in [0.29, 0.717) is 25.7 Å². The normalized spacial score (nSPS) is 15.1. The largest absolute Gasteiger partial charge is 0.386 e. The van der Waals surface area contributed by atoms with Crippen LogP contribution in [0.3, 0.4) is 0 Å². The topological polar surface area (TPSA) is 12.0 Å². The Morgan fingerprint density at radius 1 is 0.864 bits per heavy atom. The van der Waals surface area contributed by atoms with Crippen LogP contribution in [-0.2, 0) is 0 Å². The molecule has 1 nitrogen and oxygen atoms in total. The van der Waals surface area contributed by atoms with Gasteiger partial charge in [0.05, 0.1) is 0 Å². The van der Waals surface area contributed by atoms with Gasteiger partial charge in [-0.05, 0) is 18.8 Å². The van der Waals surface area contributed by atoms with Crippen LogP contribution < -0.4 is 5.32 Å². The highest BCUT2D eigenvalue weighted by atomic mass is 19.3. The van der Waals surface area contributed by atoms with Crippen LogP contribution in [0.1, 0.15) is 65.7 Å². The molecule has 0 aliphatic carbocycles. The minimum absolute atomic E-state index is 0.196. The van der Waals surface area contributed by atoms with Crippen molar-refractivity contribution in [1.82, 2.24) is 5.32 Å². The molecule has 0 spiro atoms. The van der Waals surface area contributed by atoms with E-state index < -0.39 is 30.9 Å². The molecule has 134 valence electrons. The zero-order chi connectivity index (χ0) is 17.4. The van der Waals surface area contributed by atoms with Crippen LogP contribution in [0.5, 0.6) is 0 Å². The maximum absolute atomic E-state index is 13.6. The molecule has 1 unspecified atom stereocenters. The van der Waals surface area contributed by atoms with Crippen molar-refractivity contribution >= 4 is 0 Å². The number of hydrogen-bond donors (Lipinski definition) is 1. The first-order chi connectivity index (χ1) is 10.0. The van der Waals surface area contributed by atoms with E-state index in [0.717, 1.165) is 6.42 Å². The summed E-state index contributed by atoms with van der Waals surface area (Å²) < 4.78 is 81.2. The molecule has 0 aromatic carbocycles. The molecule has 0 saturated carbocycles. The van der Waals surface area contributed by atoms with E-state index in [1.807, 2.05) is 13.8 Å². The first-order valence-electron chi connectivity index (χ1n) is 7.90. The fraction of sp³-hybridized carbons (Fsp3) is 1.00. The first kappa shape index (κ1) is 21.5. The Bertz CT molecular complexity index is 306. The number of rotatable bonds is 12. The summed E-state index contributed by atoms with van der Waals surface area (Å²) in [5, 5.41) is 1.33. The highest BCUT2D eigenvalue weighted by molar-refractivity contribution is 4.95. The summed E-state index contributed by atoms with van der Waals surface area (Å²) in [6.07, 6.45) is 1.52. The van der Waals surface area contributed by atoms with Crippen molar-refractivity contribution in [3.8, 4) is 0 Å². The monoisotopic (exact) mass is 335 g/mol. The summed E-state index contributed by atoms with van der Waals surface area (Å²) in [5.41, 5.74) is 0. The van der Waals surface area contributed by atoms with Crippen molar-refractivity contribution in [2.75, 3.05) is 6.54 Å². The highest BCUT2D eigenvalue weighted by Crippen LogP contribution is 2.46. The van der Waals surface area contributed by atoms with Gasteiger partial charge in [0.15, 0.2) is 0 Å². The van der Waals surface area contributed by atoms with E-state index in [1.54, 1.807) is 6.92 Å². The maximum atomic E-state index is 13.6. The fourth-order valence-corrected chi connectivity index (χ4v) is 2.17. The van der Waals surface area contributed by atoms with Crippen LogP contribution in [0.4, 0.5) is 26.3 Å². The lowest BCUT2D eigenvalue weighted by Crippen LogP contribution is -2.61. The van der Waals surface area contributed by atoms with Gasteiger partial charge in [0.2, 0.25) is 0 Å². The Morgan fingerprint density at radius 2 is 1.45 bits per heavy atom. The molecule has 0 aliphatic heterocycles.